The van der Waals surface area contributed by atoms with Gasteiger partial charge in [0.25, 0.3) is 0 Å². The van der Waals surface area contributed by atoms with E-state index in [2.05, 4.69) is 27.8 Å². The van der Waals surface area contributed by atoms with Crippen LogP contribution in [0.25, 0.3) is 0 Å². The minimum absolute atomic E-state index is 0.560. The number of thiophene rings is 1. The number of nitrogens with one attached hydrogen (secondary N) is 1. The van der Waals surface area contributed by atoms with Gasteiger partial charge in [-0.05, 0) is 64.8 Å². The lowest BCUT2D eigenvalue weighted by molar-refractivity contribution is 0.215. The Hall–Kier alpha value is -0.580. The number of halogens is 1. The van der Waals surface area contributed by atoms with Crippen LogP contribution in [-0.2, 0) is 0 Å². The number of aliphatic hydroxyl groups excluding tert-OH is 1. The summed E-state index contributed by atoms with van der Waals surface area (Å²) in [6.45, 7) is 6.14. The van der Waals surface area contributed by atoms with Gasteiger partial charge in [0.2, 0.25) is 0 Å². The predicted octanol–water partition coefficient (Wildman–Crippen LogP) is 3.85. The maximum absolute atomic E-state index is 10.3. The van der Waals surface area contributed by atoms with Gasteiger partial charge in [-0.1, -0.05) is 0 Å². The third-order valence-electron chi connectivity index (χ3n) is 3.03. The number of aryl methyl sites for hydroxylation is 1. The van der Waals surface area contributed by atoms with Crippen molar-refractivity contribution >= 4 is 27.3 Å². The van der Waals surface area contributed by atoms with E-state index in [4.69, 9.17) is 0 Å². The van der Waals surface area contributed by atoms with Crippen LogP contribution in [0.15, 0.2) is 15.2 Å². The molecular weight excluding hydrogens is 286 g/mol. The number of aromatic amines is 1. The van der Waals surface area contributed by atoms with E-state index in [1.165, 1.54) is 5.56 Å². The molecule has 2 rings (SSSR count). The van der Waals surface area contributed by atoms with Crippen LogP contribution < -0.4 is 0 Å². The lowest BCUT2D eigenvalue weighted by atomic mass is 10.1. The first-order valence-corrected chi connectivity index (χ1v) is 6.75. The van der Waals surface area contributed by atoms with Crippen molar-refractivity contribution in [1.82, 2.24) is 4.98 Å². The van der Waals surface area contributed by atoms with E-state index < -0.39 is 6.10 Å². The average Bonchev–Trinajstić information content (AvgIpc) is 2.78. The van der Waals surface area contributed by atoms with Crippen LogP contribution >= 0.6 is 27.3 Å². The zero-order chi connectivity index (χ0) is 11.9. The summed E-state index contributed by atoms with van der Waals surface area (Å²) in [6.07, 6.45) is -0.560. The highest BCUT2D eigenvalue weighted by molar-refractivity contribution is 9.11. The molecular formula is C12H14BrNOS. The second kappa shape index (κ2) is 4.35. The SMILES string of the molecule is Cc1[nH]c(C(O)c2csc(Br)c2)c(C)c1C. The predicted molar refractivity (Wildman–Crippen MR) is 71.1 cm³/mol. The monoisotopic (exact) mass is 299 g/mol. The first-order valence-electron chi connectivity index (χ1n) is 5.08. The van der Waals surface area contributed by atoms with Gasteiger partial charge >= 0.3 is 0 Å². The van der Waals surface area contributed by atoms with Gasteiger partial charge in [0.1, 0.15) is 6.10 Å². The first-order chi connectivity index (χ1) is 7.50. The average molecular weight is 300 g/mol. The van der Waals surface area contributed by atoms with E-state index in [1.54, 1.807) is 11.3 Å². The zero-order valence-corrected chi connectivity index (χ0v) is 11.9. The van der Waals surface area contributed by atoms with Crippen molar-refractivity contribution in [3.63, 3.8) is 0 Å². The quantitative estimate of drug-likeness (QED) is 0.868. The van der Waals surface area contributed by atoms with Crippen molar-refractivity contribution in [2.24, 2.45) is 0 Å². The number of H-pyrrole nitrogens is 1. The fourth-order valence-corrected chi connectivity index (χ4v) is 2.97. The van der Waals surface area contributed by atoms with Crippen molar-refractivity contribution in [3.05, 3.63) is 43.3 Å². The summed E-state index contributed by atoms with van der Waals surface area (Å²) in [5, 5.41) is 12.3. The largest absolute Gasteiger partial charge is 0.382 e. The van der Waals surface area contributed by atoms with Gasteiger partial charge < -0.3 is 10.1 Å². The Labute approximate surface area is 107 Å². The highest BCUT2D eigenvalue weighted by Gasteiger charge is 2.18. The van der Waals surface area contributed by atoms with Gasteiger partial charge in [-0.2, -0.15) is 0 Å². The minimum Gasteiger partial charge on any atom is -0.382 e. The highest BCUT2D eigenvalue weighted by atomic mass is 79.9. The lowest BCUT2D eigenvalue weighted by Gasteiger charge is -2.08. The van der Waals surface area contributed by atoms with Crippen molar-refractivity contribution in [3.8, 4) is 0 Å². The van der Waals surface area contributed by atoms with Gasteiger partial charge in [0.15, 0.2) is 0 Å². The molecule has 0 aliphatic carbocycles. The molecule has 0 fully saturated rings. The molecule has 0 aromatic carbocycles. The van der Waals surface area contributed by atoms with E-state index in [0.29, 0.717) is 0 Å². The normalized spacial score (nSPS) is 13.1. The molecule has 0 saturated carbocycles. The molecule has 0 spiro atoms. The number of aromatic nitrogens is 1. The first kappa shape index (κ1) is 11.9. The molecule has 16 heavy (non-hydrogen) atoms. The van der Waals surface area contributed by atoms with E-state index >= 15 is 0 Å². The number of rotatable bonds is 2. The molecule has 2 aromatic heterocycles. The number of aliphatic hydroxyl groups is 1. The fraction of sp³-hybridized carbons (Fsp3) is 0.333. The maximum Gasteiger partial charge on any atom is 0.120 e. The maximum atomic E-state index is 10.3. The minimum atomic E-state index is -0.560. The molecule has 2 aromatic rings. The summed E-state index contributed by atoms with van der Waals surface area (Å²) in [6, 6.07) is 1.96. The van der Waals surface area contributed by atoms with Crippen LogP contribution in [0.2, 0.25) is 0 Å². The molecule has 2 nitrogen and oxygen atoms in total. The van der Waals surface area contributed by atoms with Gasteiger partial charge in [0.05, 0.1) is 9.48 Å². The van der Waals surface area contributed by atoms with E-state index in [1.807, 2.05) is 25.3 Å². The number of hydrogen-bond donors (Lipinski definition) is 2. The Morgan fingerprint density at radius 2 is 2.00 bits per heavy atom. The summed E-state index contributed by atoms with van der Waals surface area (Å²) in [7, 11) is 0. The molecule has 1 atom stereocenters. The summed E-state index contributed by atoms with van der Waals surface area (Å²) >= 11 is 5.00. The highest BCUT2D eigenvalue weighted by Crippen LogP contribution is 2.31. The van der Waals surface area contributed by atoms with Crippen LogP contribution in [0.4, 0.5) is 0 Å². The second-order valence-electron chi connectivity index (χ2n) is 4.00. The van der Waals surface area contributed by atoms with Crippen LogP contribution in [-0.4, -0.2) is 10.1 Å². The van der Waals surface area contributed by atoms with Gasteiger partial charge in [-0.25, -0.2) is 0 Å². The molecule has 1 unspecified atom stereocenters. The van der Waals surface area contributed by atoms with Gasteiger partial charge in [-0.15, -0.1) is 11.3 Å². The molecule has 4 heteroatoms. The van der Waals surface area contributed by atoms with Crippen LogP contribution in [0.3, 0.4) is 0 Å². The van der Waals surface area contributed by atoms with Gasteiger partial charge in [0, 0.05) is 5.69 Å². The molecule has 0 saturated heterocycles. The molecule has 0 amide bonds. The molecule has 0 aliphatic heterocycles. The van der Waals surface area contributed by atoms with E-state index in [9.17, 15) is 5.11 Å². The molecule has 0 aliphatic rings. The third kappa shape index (κ3) is 1.97. The summed E-state index contributed by atoms with van der Waals surface area (Å²) in [4.78, 5) is 3.26. The molecule has 86 valence electrons. The van der Waals surface area contributed by atoms with Gasteiger partial charge in [-0.3, -0.25) is 0 Å². The summed E-state index contributed by atoms with van der Waals surface area (Å²) in [5.41, 5.74) is 5.33. The Balaban J connectivity index is 2.41. The molecule has 0 bridgehead atoms. The molecule has 0 radical (unpaired) electrons. The Morgan fingerprint density at radius 3 is 2.44 bits per heavy atom. The lowest BCUT2D eigenvalue weighted by Crippen LogP contribution is -2.00. The smallest absolute Gasteiger partial charge is 0.120 e. The van der Waals surface area contributed by atoms with Crippen molar-refractivity contribution in [2.75, 3.05) is 0 Å². The van der Waals surface area contributed by atoms with E-state index in [-0.39, 0.29) is 0 Å². The van der Waals surface area contributed by atoms with Crippen LogP contribution in [0.1, 0.15) is 34.2 Å². The molecule has 2 N–H and O–H groups in total. The third-order valence-corrected chi connectivity index (χ3v) is 4.55. The second-order valence-corrected chi connectivity index (χ2v) is 6.29. The van der Waals surface area contributed by atoms with Crippen LogP contribution in [0.5, 0.6) is 0 Å². The summed E-state index contributed by atoms with van der Waals surface area (Å²) < 4.78 is 1.04. The Bertz CT molecular complexity index is 515. The Kier molecular flexibility index (Phi) is 3.24. The summed E-state index contributed by atoms with van der Waals surface area (Å²) in [5.74, 6) is 0. The fourth-order valence-electron chi connectivity index (χ4n) is 1.78. The van der Waals surface area contributed by atoms with E-state index in [0.717, 1.165) is 26.3 Å². The van der Waals surface area contributed by atoms with Crippen LogP contribution in [0, 0.1) is 20.8 Å². The van der Waals surface area contributed by atoms with Crippen molar-refractivity contribution in [2.45, 2.75) is 26.9 Å². The molecule has 2 heterocycles. The topological polar surface area (TPSA) is 36.0 Å². The Morgan fingerprint density at radius 1 is 1.31 bits per heavy atom. The standard InChI is InChI=1S/C12H14BrNOS/c1-6-7(2)11(14-8(6)3)12(15)9-4-10(13)16-5-9/h4-5,12,14-15H,1-3H3. The zero-order valence-electron chi connectivity index (χ0n) is 9.47. The van der Waals surface area contributed by atoms with Crippen molar-refractivity contribution in [1.29, 1.82) is 0 Å². The number of hydrogen-bond acceptors (Lipinski definition) is 2. The van der Waals surface area contributed by atoms with Crippen molar-refractivity contribution < 1.29 is 5.11 Å².